The van der Waals surface area contributed by atoms with Crippen molar-refractivity contribution in [3.63, 3.8) is 0 Å². The summed E-state index contributed by atoms with van der Waals surface area (Å²) in [5.74, 6) is 1.71. The summed E-state index contributed by atoms with van der Waals surface area (Å²) >= 11 is 0. The van der Waals surface area contributed by atoms with Crippen LogP contribution in [0, 0.1) is 0 Å². The van der Waals surface area contributed by atoms with E-state index in [0.717, 1.165) is 66.6 Å². The summed E-state index contributed by atoms with van der Waals surface area (Å²) in [7, 11) is 0. The van der Waals surface area contributed by atoms with Crippen LogP contribution in [0.3, 0.4) is 0 Å². The first-order valence-electron chi connectivity index (χ1n) is 12.5. The fourth-order valence-electron chi connectivity index (χ4n) is 5.49. The van der Waals surface area contributed by atoms with Crippen molar-refractivity contribution >= 4 is 43.9 Å². The fourth-order valence-corrected chi connectivity index (χ4v) is 5.49. The van der Waals surface area contributed by atoms with Crippen molar-refractivity contribution in [1.29, 1.82) is 0 Å². The predicted molar refractivity (Wildman–Crippen MR) is 152 cm³/mol. The van der Waals surface area contributed by atoms with Crippen LogP contribution in [0.5, 0.6) is 0 Å². The van der Waals surface area contributed by atoms with Crippen molar-refractivity contribution in [2.75, 3.05) is 0 Å². The minimum atomic E-state index is 0.857. The number of hydrogen-bond donors (Lipinski definition) is 0. The molecule has 0 fully saturated rings. The van der Waals surface area contributed by atoms with E-state index in [1.807, 2.05) is 73.3 Å². The van der Waals surface area contributed by atoms with Gasteiger partial charge in [0, 0.05) is 46.3 Å². The van der Waals surface area contributed by atoms with E-state index in [0.29, 0.717) is 0 Å². The molecule has 2 aromatic carbocycles. The summed E-state index contributed by atoms with van der Waals surface area (Å²) in [6.07, 6.45) is 7.30. The molecular formula is C32H20N6. The highest BCUT2D eigenvalue weighted by atomic mass is 15.1. The first-order chi connectivity index (χ1) is 18.9. The van der Waals surface area contributed by atoms with Crippen LogP contribution in [0.2, 0.25) is 0 Å². The van der Waals surface area contributed by atoms with Gasteiger partial charge in [0.25, 0.3) is 0 Å². The number of rotatable bonds is 3. The molecule has 0 aliphatic carbocycles. The average Bonchev–Trinajstić information content (AvgIpc) is 3.50. The topological polar surface area (TPSA) is 61.4 Å². The number of hydrogen-bond acceptors (Lipinski definition) is 4. The molecule has 8 aromatic rings. The van der Waals surface area contributed by atoms with Crippen molar-refractivity contribution in [1.82, 2.24) is 29.1 Å². The molecule has 178 valence electrons. The van der Waals surface area contributed by atoms with Crippen molar-refractivity contribution < 1.29 is 0 Å². The molecule has 6 heterocycles. The Kier molecular flexibility index (Phi) is 4.42. The van der Waals surface area contributed by atoms with Gasteiger partial charge in [0.2, 0.25) is 0 Å². The van der Waals surface area contributed by atoms with Gasteiger partial charge in [0.1, 0.15) is 22.9 Å². The molecule has 0 atom stereocenters. The molecule has 6 heteroatoms. The molecule has 8 rings (SSSR count). The van der Waals surface area contributed by atoms with Crippen LogP contribution in [0.1, 0.15) is 0 Å². The Morgan fingerprint density at radius 2 is 0.868 bits per heavy atom. The van der Waals surface area contributed by atoms with Gasteiger partial charge >= 0.3 is 0 Å². The molecule has 0 saturated carbocycles. The Bertz CT molecular complexity index is 1970. The van der Waals surface area contributed by atoms with E-state index >= 15 is 0 Å². The summed E-state index contributed by atoms with van der Waals surface area (Å²) in [6, 6.07) is 33.3. The lowest BCUT2D eigenvalue weighted by Gasteiger charge is -2.08. The molecule has 6 nitrogen and oxygen atoms in total. The molecule has 0 amide bonds. The Balaban J connectivity index is 1.36. The molecule has 0 saturated heterocycles. The molecule has 0 aliphatic rings. The van der Waals surface area contributed by atoms with Crippen LogP contribution in [0.15, 0.2) is 122 Å². The average molecular weight is 489 g/mol. The smallest absolute Gasteiger partial charge is 0.146 e. The number of benzene rings is 2. The molecule has 6 aromatic heterocycles. The van der Waals surface area contributed by atoms with Crippen LogP contribution in [-0.2, 0) is 0 Å². The Hall–Kier alpha value is -5.36. The maximum Gasteiger partial charge on any atom is 0.146 e. The summed E-state index contributed by atoms with van der Waals surface area (Å²) in [5, 5.41) is 4.50. The molecular weight excluding hydrogens is 468 g/mol. The van der Waals surface area contributed by atoms with Gasteiger partial charge in [-0.05, 0) is 83.9 Å². The quantitative estimate of drug-likeness (QED) is 0.265. The molecule has 0 radical (unpaired) electrons. The Labute approximate surface area is 217 Å². The minimum Gasteiger partial charge on any atom is -0.278 e. The summed E-state index contributed by atoms with van der Waals surface area (Å²) in [5.41, 5.74) is 6.25. The molecule has 0 N–H and O–H groups in total. The van der Waals surface area contributed by atoms with Crippen molar-refractivity contribution in [3.05, 3.63) is 122 Å². The zero-order chi connectivity index (χ0) is 25.1. The SMILES string of the molecule is c1ccc(-n2c3ccc(-c4ccc5c(c4)c4cccnc4n5-c4ccccn4)cc3c3cccnc32)nc1. The highest BCUT2D eigenvalue weighted by molar-refractivity contribution is 6.11. The lowest BCUT2D eigenvalue weighted by molar-refractivity contribution is 1.06. The lowest BCUT2D eigenvalue weighted by Crippen LogP contribution is -1.97. The first-order valence-corrected chi connectivity index (χ1v) is 12.5. The number of nitrogens with zero attached hydrogens (tertiary/aromatic N) is 6. The van der Waals surface area contributed by atoms with E-state index in [1.54, 1.807) is 0 Å². The first kappa shape index (κ1) is 20.8. The number of fused-ring (bicyclic) bond motifs is 6. The van der Waals surface area contributed by atoms with E-state index in [9.17, 15) is 0 Å². The lowest BCUT2D eigenvalue weighted by atomic mass is 10.0. The third-order valence-corrected chi connectivity index (χ3v) is 7.14. The minimum absolute atomic E-state index is 0.857. The Morgan fingerprint density at radius 1 is 0.395 bits per heavy atom. The van der Waals surface area contributed by atoms with Gasteiger partial charge < -0.3 is 0 Å². The predicted octanol–water partition coefficient (Wildman–Crippen LogP) is 7.13. The van der Waals surface area contributed by atoms with Crippen molar-refractivity contribution in [2.24, 2.45) is 0 Å². The van der Waals surface area contributed by atoms with E-state index < -0.39 is 0 Å². The second kappa shape index (κ2) is 8.08. The van der Waals surface area contributed by atoms with Crippen molar-refractivity contribution in [2.45, 2.75) is 0 Å². The van der Waals surface area contributed by atoms with E-state index in [2.05, 4.69) is 67.6 Å². The molecule has 0 bridgehead atoms. The van der Waals surface area contributed by atoms with Gasteiger partial charge in [-0.3, -0.25) is 9.13 Å². The van der Waals surface area contributed by atoms with Gasteiger partial charge in [-0.2, -0.15) is 0 Å². The van der Waals surface area contributed by atoms with Crippen LogP contribution >= 0.6 is 0 Å². The zero-order valence-corrected chi connectivity index (χ0v) is 20.2. The van der Waals surface area contributed by atoms with E-state index in [-0.39, 0.29) is 0 Å². The summed E-state index contributed by atoms with van der Waals surface area (Å²) < 4.78 is 4.26. The standard InChI is InChI=1S/C32H20N6/c1-3-15-33-29(9-1)37-27-13-11-21(19-25(27)23-7-5-17-35-31(23)37)22-12-14-28-26(20-22)24-8-6-18-36-32(24)38(28)30-10-2-4-16-34-30/h1-20H. The number of aromatic nitrogens is 6. The van der Waals surface area contributed by atoms with Crippen LogP contribution < -0.4 is 0 Å². The molecule has 0 spiro atoms. The largest absolute Gasteiger partial charge is 0.278 e. The second-order valence-corrected chi connectivity index (χ2v) is 9.26. The zero-order valence-electron chi connectivity index (χ0n) is 20.2. The van der Waals surface area contributed by atoms with Gasteiger partial charge in [-0.15, -0.1) is 0 Å². The molecule has 38 heavy (non-hydrogen) atoms. The van der Waals surface area contributed by atoms with Gasteiger partial charge in [-0.1, -0.05) is 24.3 Å². The van der Waals surface area contributed by atoms with Crippen LogP contribution in [-0.4, -0.2) is 29.1 Å². The fraction of sp³-hybridized carbons (Fsp3) is 0. The van der Waals surface area contributed by atoms with Gasteiger partial charge in [0.15, 0.2) is 0 Å². The third kappa shape index (κ3) is 3.01. The monoisotopic (exact) mass is 488 g/mol. The molecule has 0 aliphatic heterocycles. The highest BCUT2D eigenvalue weighted by Crippen LogP contribution is 2.36. The number of pyridine rings is 4. The van der Waals surface area contributed by atoms with E-state index in [4.69, 9.17) is 9.97 Å². The maximum atomic E-state index is 4.71. The summed E-state index contributed by atoms with van der Waals surface area (Å²) in [6.45, 7) is 0. The van der Waals surface area contributed by atoms with E-state index in [1.165, 1.54) is 0 Å². The third-order valence-electron chi connectivity index (χ3n) is 7.14. The normalized spacial score (nSPS) is 11.7. The summed E-state index contributed by atoms with van der Waals surface area (Å²) in [4.78, 5) is 18.6. The van der Waals surface area contributed by atoms with Gasteiger partial charge in [-0.25, -0.2) is 19.9 Å². The second-order valence-electron chi connectivity index (χ2n) is 9.26. The van der Waals surface area contributed by atoms with Gasteiger partial charge in [0.05, 0.1) is 11.0 Å². The Morgan fingerprint density at radius 3 is 1.32 bits per heavy atom. The maximum absolute atomic E-state index is 4.71. The van der Waals surface area contributed by atoms with Crippen LogP contribution in [0.4, 0.5) is 0 Å². The molecule has 0 unspecified atom stereocenters. The van der Waals surface area contributed by atoms with Crippen LogP contribution in [0.25, 0.3) is 66.6 Å². The highest BCUT2D eigenvalue weighted by Gasteiger charge is 2.17. The van der Waals surface area contributed by atoms with Crippen molar-refractivity contribution in [3.8, 4) is 22.8 Å².